The van der Waals surface area contributed by atoms with Gasteiger partial charge in [0.25, 0.3) is 11.8 Å². The number of rotatable bonds is 4. The Balaban J connectivity index is 2.07. The van der Waals surface area contributed by atoms with Gasteiger partial charge in [-0.1, -0.05) is 18.2 Å². The zero-order valence-electron chi connectivity index (χ0n) is 17.0. The zero-order valence-corrected chi connectivity index (χ0v) is 17.0. The molecule has 0 aliphatic heterocycles. The number of amides is 2. The number of imidazole rings is 1. The summed E-state index contributed by atoms with van der Waals surface area (Å²) in [5, 5.41) is 2.92. The third-order valence-corrected chi connectivity index (χ3v) is 4.32. The van der Waals surface area contributed by atoms with Crippen molar-refractivity contribution in [3.8, 4) is 0 Å². The number of pyridine rings is 1. The molecule has 6 nitrogen and oxygen atoms in total. The summed E-state index contributed by atoms with van der Waals surface area (Å²) in [6, 6.07) is 13.2. The smallest absolute Gasteiger partial charge is 0.294 e. The molecule has 0 fully saturated rings. The highest BCUT2D eigenvalue weighted by Gasteiger charge is 2.26. The molecule has 0 unspecified atom stereocenters. The Bertz CT molecular complexity index is 1030. The maximum Gasteiger partial charge on any atom is 0.294 e. The quantitative estimate of drug-likeness (QED) is 0.750. The van der Waals surface area contributed by atoms with Crippen molar-refractivity contribution < 1.29 is 9.59 Å². The number of carbonyl (C=O) groups is 2. The topological polar surface area (TPSA) is 66.7 Å². The minimum atomic E-state index is -0.400. The van der Waals surface area contributed by atoms with Crippen LogP contribution in [0.4, 0.5) is 5.69 Å². The standard InChI is InChI=1S/C22H26N4O2/c1-6-25(16-11-9-10-15(2)14-16)21(28)19-23-18(20(27)24-22(3,4)5)17-12-7-8-13-26(17)19/h7-14H,6H2,1-5H3,(H,24,27). The van der Waals surface area contributed by atoms with Crippen molar-refractivity contribution in [2.75, 3.05) is 11.4 Å². The molecule has 0 aliphatic rings. The molecule has 2 heterocycles. The van der Waals surface area contributed by atoms with Gasteiger partial charge in [-0.3, -0.25) is 14.0 Å². The van der Waals surface area contributed by atoms with E-state index < -0.39 is 5.54 Å². The summed E-state index contributed by atoms with van der Waals surface area (Å²) in [5.74, 6) is -0.323. The molecule has 0 saturated carbocycles. The van der Waals surface area contributed by atoms with Gasteiger partial charge in [0.1, 0.15) is 0 Å². The lowest BCUT2D eigenvalue weighted by Gasteiger charge is -2.20. The summed E-state index contributed by atoms with van der Waals surface area (Å²) >= 11 is 0. The summed E-state index contributed by atoms with van der Waals surface area (Å²) in [6.45, 7) is 10.1. The second-order valence-electron chi connectivity index (χ2n) is 7.83. The van der Waals surface area contributed by atoms with Crippen LogP contribution >= 0.6 is 0 Å². The molecule has 0 bridgehead atoms. The number of nitrogens with zero attached hydrogens (tertiary/aromatic N) is 3. The van der Waals surface area contributed by atoms with Gasteiger partial charge >= 0.3 is 0 Å². The predicted octanol–water partition coefficient (Wildman–Crippen LogP) is 3.84. The molecule has 0 atom stereocenters. The number of hydrogen-bond donors (Lipinski definition) is 1. The molecule has 0 radical (unpaired) electrons. The summed E-state index contributed by atoms with van der Waals surface area (Å²) < 4.78 is 1.68. The first-order valence-corrected chi connectivity index (χ1v) is 9.39. The lowest BCUT2D eigenvalue weighted by atomic mass is 10.1. The van der Waals surface area contributed by atoms with E-state index in [4.69, 9.17) is 0 Å². The minimum Gasteiger partial charge on any atom is -0.346 e. The van der Waals surface area contributed by atoms with Gasteiger partial charge in [-0.05, 0) is 64.4 Å². The van der Waals surface area contributed by atoms with Gasteiger partial charge in [0.15, 0.2) is 5.69 Å². The van der Waals surface area contributed by atoms with Gasteiger partial charge in [0.05, 0.1) is 5.52 Å². The van der Waals surface area contributed by atoms with Crippen LogP contribution in [-0.2, 0) is 0 Å². The Labute approximate surface area is 165 Å². The zero-order chi connectivity index (χ0) is 20.5. The molecular weight excluding hydrogens is 352 g/mol. The van der Waals surface area contributed by atoms with Crippen LogP contribution in [0.1, 0.15) is 54.4 Å². The van der Waals surface area contributed by atoms with Gasteiger partial charge in [0, 0.05) is 24.0 Å². The molecule has 146 valence electrons. The monoisotopic (exact) mass is 378 g/mol. The third-order valence-electron chi connectivity index (χ3n) is 4.32. The second-order valence-corrected chi connectivity index (χ2v) is 7.83. The molecule has 0 spiro atoms. The Kier molecular flexibility index (Phi) is 5.23. The molecule has 2 amide bonds. The summed E-state index contributed by atoms with van der Waals surface area (Å²) in [7, 11) is 0. The van der Waals surface area contributed by atoms with E-state index in [-0.39, 0.29) is 23.3 Å². The minimum absolute atomic E-state index is 0.220. The number of anilines is 1. The van der Waals surface area contributed by atoms with Gasteiger partial charge in [-0.2, -0.15) is 0 Å². The molecule has 0 aliphatic carbocycles. The largest absolute Gasteiger partial charge is 0.346 e. The molecule has 1 N–H and O–H groups in total. The van der Waals surface area contributed by atoms with Gasteiger partial charge in [-0.15, -0.1) is 0 Å². The fraction of sp³-hybridized carbons (Fsp3) is 0.318. The van der Waals surface area contributed by atoms with Crippen molar-refractivity contribution in [1.82, 2.24) is 14.7 Å². The summed E-state index contributed by atoms with van der Waals surface area (Å²) in [5.41, 5.74) is 2.33. The summed E-state index contributed by atoms with van der Waals surface area (Å²) in [4.78, 5) is 32.2. The highest BCUT2D eigenvalue weighted by atomic mass is 16.2. The number of hydrogen-bond acceptors (Lipinski definition) is 3. The van der Waals surface area contributed by atoms with Crippen LogP contribution < -0.4 is 10.2 Å². The molecule has 2 aromatic heterocycles. The van der Waals surface area contributed by atoms with Crippen LogP contribution in [0.25, 0.3) is 5.52 Å². The van der Waals surface area contributed by atoms with Crippen molar-refractivity contribution in [3.05, 3.63) is 65.7 Å². The molecule has 1 aromatic carbocycles. The molecule has 3 aromatic rings. The van der Waals surface area contributed by atoms with Crippen LogP contribution in [0, 0.1) is 6.92 Å². The Hall–Kier alpha value is -3.15. The second kappa shape index (κ2) is 7.46. The van der Waals surface area contributed by atoms with Crippen molar-refractivity contribution >= 4 is 23.0 Å². The van der Waals surface area contributed by atoms with E-state index in [0.717, 1.165) is 11.3 Å². The number of aryl methyl sites for hydroxylation is 1. The first kappa shape index (κ1) is 19.6. The molecule has 0 saturated heterocycles. The average Bonchev–Trinajstić information content (AvgIpc) is 3.01. The normalized spacial score (nSPS) is 11.5. The van der Waals surface area contributed by atoms with E-state index >= 15 is 0 Å². The first-order valence-electron chi connectivity index (χ1n) is 9.39. The lowest BCUT2D eigenvalue weighted by molar-refractivity contribution is 0.0916. The van der Waals surface area contributed by atoms with Gasteiger partial charge in [0.2, 0.25) is 5.82 Å². The third kappa shape index (κ3) is 3.91. The van der Waals surface area contributed by atoms with Gasteiger partial charge in [-0.25, -0.2) is 4.98 Å². The first-order chi connectivity index (χ1) is 13.2. The molecule has 3 rings (SSSR count). The summed E-state index contributed by atoms with van der Waals surface area (Å²) in [6.07, 6.45) is 1.76. The van der Waals surface area contributed by atoms with Crippen molar-refractivity contribution in [1.29, 1.82) is 0 Å². The van der Waals surface area contributed by atoms with Crippen molar-refractivity contribution in [3.63, 3.8) is 0 Å². The van der Waals surface area contributed by atoms with E-state index in [1.165, 1.54) is 0 Å². The highest BCUT2D eigenvalue weighted by molar-refractivity contribution is 6.07. The van der Waals surface area contributed by atoms with Crippen LogP contribution in [0.3, 0.4) is 0 Å². The average molecular weight is 378 g/mol. The fourth-order valence-corrected chi connectivity index (χ4v) is 3.12. The van der Waals surface area contributed by atoms with Crippen LogP contribution in [0.2, 0.25) is 0 Å². The predicted molar refractivity (Wildman–Crippen MR) is 111 cm³/mol. The molecule has 6 heteroatoms. The Morgan fingerprint density at radius 2 is 1.89 bits per heavy atom. The van der Waals surface area contributed by atoms with Crippen LogP contribution in [0.15, 0.2) is 48.7 Å². The van der Waals surface area contributed by atoms with Crippen LogP contribution in [0.5, 0.6) is 0 Å². The van der Waals surface area contributed by atoms with E-state index in [9.17, 15) is 9.59 Å². The number of carbonyl (C=O) groups excluding carboxylic acids is 2. The SMILES string of the molecule is CCN(C(=O)c1nc(C(=O)NC(C)(C)C)c2ccccn12)c1cccc(C)c1. The molecule has 28 heavy (non-hydrogen) atoms. The number of nitrogens with one attached hydrogen (secondary N) is 1. The van der Waals surface area contributed by atoms with E-state index in [2.05, 4.69) is 10.3 Å². The number of benzene rings is 1. The van der Waals surface area contributed by atoms with E-state index in [1.54, 1.807) is 21.6 Å². The fourth-order valence-electron chi connectivity index (χ4n) is 3.12. The maximum atomic E-state index is 13.3. The van der Waals surface area contributed by atoms with Crippen molar-refractivity contribution in [2.24, 2.45) is 0 Å². The Morgan fingerprint density at radius 3 is 2.54 bits per heavy atom. The number of fused-ring (bicyclic) bond motifs is 1. The van der Waals surface area contributed by atoms with E-state index in [1.807, 2.05) is 71.0 Å². The molecular formula is C22H26N4O2. The van der Waals surface area contributed by atoms with Gasteiger partial charge < -0.3 is 10.2 Å². The maximum absolute atomic E-state index is 13.3. The van der Waals surface area contributed by atoms with Crippen LogP contribution in [-0.4, -0.2) is 33.3 Å². The Morgan fingerprint density at radius 1 is 1.14 bits per heavy atom. The van der Waals surface area contributed by atoms with Crippen molar-refractivity contribution in [2.45, 2.75) is 40.2 Å². The highest BCUT2D eigenvalue weighted by Crippen LogP contribution is 2.21. The lowest BCUT2D eigenvalue weighted by Crippen LogP contribution is -2.40. The number of aromatic nitrogens is 2. The van der Waals surface area contributed by atoms with E-state index in [0.29, 0.717) is 12.1 Å².